The van der Waals surface area contributed by atoms with E-state index in [1.54, 1.807) is 18.2 Å². The number of rotatable bonds is 9. The molecule has 2 aromatic heterocycles. The van der Waals surface area contributed by atoms with Crippen LogP contribution in [0.3, 0.4) is 0 Å². The maximum atomic E-state index is 13.8. The van der Waals surface area contributed by atoms with Crippen molar-refractivity contribution in [1.29, 1.82) is 0 Å². The monoisotopic (exact) mass is 749 g/mol. The number of aromatic nitrogens is 4. The smallest absolute Gasteiger partial charge is 0.336 e. The summed E-state index contributed by atoms with van der Waals surface area (Å²) in [5.74, 6) is -0.935. The molecule has 276 valence electrons. The Morgan fingerprint density at radius 2 is 1.78 bits per heavy atom. The molecule has 0 spiro atoms. The van der Waals surface area contributed by atoms with Gasteiger partial charge in [-0.05, 0) is 86.6 Å². The standard InChI is InChI=1S/C42H40N8O4Si/c1-55(2)34-20-28(49-15-3-16-49)10-13-31(34)36(32-14-11-29(21-35(32)55)50-17-4-18-50)33-19-27(9-12-30(33)41(52)53)39(51)44-22-25-5-7-26(8-6-25)23-54-40-37-38(46-24-45-37)47-42(43)48-40/h5-14,19-21,24H,3-4,15-18,22-23H2,1-2H3,(H4-,43,44,45,46,47,48,51,52,53)/p+1. The molecule has 3 aliphatic heterocycles. The molecule has 55 heavy (non-hydrogen) atoms. The number of H-pyrrole nitrogens is 1. The molecule has 2 fully saturated rings. The van der Waals surface area contributed by atoms with Gasteiger partial charge in [-0.15, -0.1) is 0 Å². The second kappa shape index (κ2) is 13.5. The Labute approximate surface area is 318 Å². The summed E-state index contributed by atoms with van der Waals surface area (Å²) in [4.78, 5) is 44.4. The highest BCUT2D eigenvalue weighted by Crippen LogP contribution is 2.43. The first-order chi connectivity index (χ1) is 26.6. The molecule has 12 nitrogen and oxygen atoms in total. The molecule has 1 aliphatic carbocycles. The SMILES string of the molecule is C[Si]1(C)C2=CC(=[N+]3CCC3)C=CC2=C(c2cc(C(=O)NCc3ccc(COc4nc(N)nc5[nH]cnc45)cc3)ccc2C(=O)O)c2ccc(N3CCC3)cc21. The maximum Gasteiger partial charge on any atom is 0.336 e. The van der Waals surface area contributed by atoms with Gasteiger partial charge in [-0.3, -0.25) is 4.79 Å². The van der Waals surface area contributed by atoms with Crippen molar-refractivity contribution < 1.29 is 24.0 Å². The Bertz CT molecular complexity index is 2540. The zero-order valence-corrected chi connectivity index (χ0v) is 31.7. The second-order valence-electron chi connectivity index (χ2n) is 15.0. The van der Waals surface area contributed by atoms with E-state index in [-0.39, 0.29) is 30.6 Å². The maximum absolute atomic E-state index is 13.8. The van der Waals surface area contributed by atoms with Crippen LogP contribution in [0.5, 0.6) is 5.88 Å². The van der Waals surface area contributed by atoms with Crippen molar-refractivity contribution >= 4 is 59.2 Å². The van der Waals surface area contributed by atoms with Gasteiger partial charge in [0.25, 0.3) is 5.91 Å². The van der Waals surface area contributed by atoms with Crippen molar-refractivity contribution in [3.8, 4) is 5.88 Å². The lowest BCUT2D eigenvalue weighted by molar-refractivity contribution is -0.582. The lowest BCUT2D eigenvalue weighted by atomic mass is 9.86. The van der Waals surface area contributed by atoms with Crippen molar-refractivity contribution in [3.05, 3.63) is 129 Å². The van der Waals surface area contributed by atoms with Gasteiger partial charge >= 0.3 is 5.97 Å². The zero-order valence-electron chi connectivity index (χ0n) is 30.7. The molecule has 2 saturated heterocycles. The molecule has 1 amide bonds. The molecule has 0 saturated carbocycles. The summed E-state index contributed by atoms with van der Waals surface area (Å²) in [6.45, 7) is 9.50. The number of hydrogen-bond acceptors (Lipinski definition) is 8. The fraction of sp³-hybridized carbons (Fsp3) is 0.238. The number of nitrogens with zero attached hydrogens (tertiary/aromatic N) is 5. The number of imidazole rings is 1. The van der Waals surface area contributed by atoms with Gasteiger partial charge in [0.15, 0.2) is 16.9 Å². The fourth-order valence-corrected chi connectivity index (χ4v) is 10.9. The molecule has 4 aliphatic rings. The van der Waals surface area contributed by atoms with Gasteiger partial charge in [-0.2, -0.15) is 9.97 Å². The first-order valence-corrected chi connectivity index (χ1v) is 21.6. The number of fused-ring (bicyclic) bond motifs is 3. The largest absolute Gasteiger partial charge is 0.478 e. The summed E-state index contributed by atoms with van der Waals surface area (Å²) >= 11 is 0. The van der Waals surface area contributed by atoms with E-state index in [9.17, 15) is 14.7 Å². The van der Waals surface area contributed by atoms with Crippen LogP contribution in [0.4, 0.5) is 11.6 Å². The molecular formula is C42H41N8O4Si+. The molecule has 0 unspecified atom stereocenters. The Kier molecular flexibility index (Phi) is 8.45. The summed E-state index contributed by atoms with van der Waals surface area (Å²) in [7, 11) is -2.23. The topological polar surface area (TPSA) is 162 Å². The molecule has 5 aromatic rings. The van der Waals surface area contributed by atoms with E-state index in [1.165, 1.54) is 41.0 Å². The number of nitrogens with two attached hydrogens (primary N) is 1. The number of ether oxygens (including phenoxy) is 1. The number of carboxylic acid groups (broad SMARTS) is 1. The van der Waals surface area contributed by atoms with Gasteiger partial charge in [0, 0.05) is 43.0 Å². The fourth-order valence-electron chi connectivity index (χ4n) is 7.85. The first kappa shape index (κ1) is 34.4. The minimum absolute atomic E-state index is 0.0903. The van der Waals surface area contributed by atoms with Gasteiger partial charge in [0.2, 0.25) is 11.8 Å². The summed E-state index contributed by atoms with van der Waals surface area (Å²) in [5.41, 5.74) is 15.1. The third kappa shape index (κ3) is 6.19. The lowest BCUT2D eigenvalue weighted by Gasteiger charge is -2.40. The normalized spacial score (nSPS) is 16.9. The number of aromatic carboxylic acids is 1. The molecule has 5 heterocycles. The van der Waals surface area contributed by atoms with Crippen LogP contribution >= 0.6 is 0 Å². The van der Waals surface area contributed by atoms with Crippen molar-refractivity contribution in [2.45, 2.75) is 39.1 Å². The molecule has 13 heteroatoms. The van der Waals surface area contributed by atoms with Crippen molar-refractivity contribution in [1.82, 2.24) is 25.3 Å². The number of carboxylic acids is 1. The van der Waals surface area contributed by atoms with Crippen LogP contribution in [0.15, 0.2) is 96.0 Å². The quantitative estimate of drug-likeness (QED) is 0.120. The van der Waals surface area contributed by atoms with Gasteiger partial charge in [-0.25, -0.2) is 14.4 Å². The van der Waals surface area contributed by atoms with Crippen LogP contribution < -0.4 is 25.9 Å². The van der Waals surface area contributed by atoms with Crippen molar-refractivity contribution in [2.24, 2.45) is 0 Å². The summed E-state index contributed by atoms with van der Waals surface area (Å²) in [6, 6.07) is 19.3. The van der Waals surface area contributed by atoms with E-state index < -0.39 is 14.0 Å². The van der Waals surface area contributed by atoms with Gasteiger partial charge in [-0.1, -0.05) is 43.4 Å². The predicted octanol–water partition coefficient (Wildman–Crippen LogP) is 4.98. The number of allylic oxidation sites excluding steroid dienone is 5. The van der Waals surface area contributed by atoms with Crippen LogP contribution in [-0.4, -0.2) is 81.5 Å². The third-order valence-corrected chi connectivity index (χ3v) is 14.8. The number of anilines is 2. The Balaban J connectivity index is 1.01. The number of hydrogen-bond donors (Lipinski definition) is 4. The zero-order chi connectivity index (χ0) is 37.8. The number of carbonyl (C=O) groups excluding carboxylic acids is 1. The van der Waals surface area contributed by atoms with Crippen molar-refractivity contribution in [3.63, 3.8) is 0 Å². The van der Waals surface area contributed by atoms with E-state index in [4.69, 9.17) is 10.5 Å². The molecule has 0 bridgehead atoms. The van der Waals surface area contributed by atoms with Crippen LogP contribution in [0.1, 0.15) is 55.8 Å². The van der Waals surface area contributed by atoms with E-state index in [0.29, 0.717) is 28.2 Å². The summed E-state index contributed by atoms with van der Waals surface area (Å²) in [6.07, 6.45) is 10.6. The van der Waals surface area contributed by atoms with Crippen LogP contribution in [-0.2, 0) is 13.2 Å². The van der Waals surface area contributed by atoms with E-state index in [0.717, 1.165) is 54.0 Å². The summed E-state index contributed by atoms with van der Waals surface area (Å²) in [5, 5.41) is 16.1. The van der Waals surface area contributed by atoms with Gasteiger partial charge < -0.3 is 30.8 Å². The van der Waals surface area contributed by atoms with Crippen molar-refractivity contribution in [2.75, 3.05) is 36.8 Å². The lowest BCUT2D eigenvalue weighted by Crippen LogP contribution is -2.50. The summed E-state index contributed by atoms with van der Waals surface area (Å²) < 4.78 is 8.31. The number of benzene rings is 3. The highest BCUT2D eigenvalue weighted by molar-refractivity contribution is 6.98. The number of nitrogen functional groups attached to an aromatic ring is 1. The Morgan fingerprint density at radius 1 is 0.982 bits per heavy atom. The van der Waals surface area contributed by atoms with E-state index in [2.05, 4.69) is 84.2 Å². The Hall–Kier alpha value is -6.34. The molecule has 0 radical (unpaired) electrons. The first-order valence-electron chi connectivity index (χ1n) is 18.6. The molecule has 3 aromatic carbocycles. The second-order valence-corrected chi connectivity index (χ2v) is 19.3. The van der Waals surface area contributed by atoms with E-state index in [1.807, 2.05) is 24.3 Å². The molecule has 0 atom stereocenters. The average Bonchev–Trinajstić information content (AvgIpc) is 3.61. The minimum Gasteiger partial charge on any atom is -0.478 e. The predicted molar refractivity (Wildman–Crippen MR) is 215 cm³/mol. The third-order valence-electron chi connectivity index (χ3n) is 11.2. The van der Waals surface area contributed by atoms with Crippen LogP contribution in [0.25, 0.3) is 16.7 Å². The molecular weight excluding hydrogens is 709 g/mol. The number of amides is 1. The van der Waals surface area contributed by atoms with Crippen LogP contribution in [0, 0.1) is 0 Å². The number of aromatic amines is 1. The van der Waals surface area contributed by atoms with Crippen LogP contribution in [0.2, 0.25) is 13.1 Å². The number of nitrogens with one attached hydrogen (secondary N) is 2. The minimum atomic E-state index is -2.23. The van der Waals surface area contributed by atoms with E-state index >= 15 is 0 Å². The van der Waals surface area contributed by atoms with Gasteiger partial charge in [0.05, 0.1) is 18.3 Å². The average molecular weight is 750 g/mol. The molecule has 5 N–H and O–H groups in total. The highest BCUT2D eigenvalue weighted by Gasteiger charge is 2.42. The highest BCUT2D eigenvalue weighted by atomic mass is 28.3. The molecule has 9 rings (SSSR count). The number of carbonyl (C=O) groups is 2. The van der Waals surface area contributed by atoms with Gasteiger partial charge in [0.1, 0.15) is 27.8 Å². The Morgan fingerprint density at radius 3 is 2.51 bits per heavy atom.